The van der Waals surface area contributed by atoms with E-state index in [-0.39, 0.29) is 18.6 Å². The molecule has 1 N–H and O–H groups in total. The number of rotatable bonds is 7. The molecule has 0 unspecified atom stereocenters. The maximum absolute atomic E-state index is 11.9. The summed E-state index contributed by atoms with van der Waals surface area (Å²) in [5.41, 5.74) is 0.0677. The number of thiophene rings is 1. The summed E-state index contributed by atoms with van der Waals surface area (Å²) in [6.45, 7) is 7.63. The molecule has 0 atom stereocenters. The Balaban J connectivity index is 2.20. The summed E-state index contributed by atoms with van der Waals surface area (Å²) in [6, 6.07) is 3.99. The van der Waals surface area contributed by atoms with Gasteiger partial charge in [-0.2, -0.15) is 13.2 Å². The second-order valence-electron chi connectivity index (χ2n) is 5.74. The first kappa shape index (κ1) is 17.5. The van der Waals surface area contributed by atoms with E-state index in [4.69, 9.17) is 4.74 Å². The van der Waals surface area contributed by atoms with E-state index < -0.39 is 12.6 Å². The normalized spacial score (nSPS) is 12.9. The molecular weight excluding hydrogens is 287 g/mol. The summed E-state index contributed by atoms with van der Waals surface area (Å²) in [7, 11) is 0. The quantitative estimate of drug-likeness (QED) is 0.749. The number of hydrogen-bond acceptors (Lipinski definition) is 3. The zero-order valence-corrected chi connectivity index (χ0v) is 13.0. The van der Waals surface area contributed by atoms with Crippen LogP contribution in [-0.4, -0.2) is 18.3 Å². The summed E-state index contributed by atoms with van der Waals surface area (Å²) in [6.07, 6.45) is -4.84. The van der Waals surface area contributed by atoms with E-state index in [1.165, 1.54) is 4.88 Å². The van der Waals surface area contributed by atoms with E-state index in [0.29, 0.717) is 6.61 Å². The highest BCUT2D eigenvalue weighted by Crippen LogP contribution is 2.22. The minimum absolute atomic E-state index is 0.0211. The number of nitrogens with one attached hydrogen (secondary N) is 1. The SMILES string of the molecule is CC(C)(C)NCc1ccc(COCCCC(F)(F)F)s1. The Labute approximate surface area is 122 Å². The van der Waals surface area contributed by atoms with Crippen molar-refractivity contribution in [2.45, 2.75) is 58.5 Å². The molecule has 1 aromatic heterocycles. The van der Waals surface area contributed by atoms with E-state index in [1.807, 2.05) is 12.1 Å². The molecule has 1 aromatic rings. The number of hydrogen-bond donors (Lipinski definition) is 1. The molecule has 0 aliphatic heterocycles. The highest BCUT2D eigenvalue weighted by Gasteiger charge is 2.25. The van der Waals surface area contributed by atoms with Crippen molar-refractivity contribution < 1.29 is 17.9 Å². The lowest BCUT2D eigenvalue weighted by atomic mass is 10.1. The second-order valence-corrected chi connectivity index (χ2v) is 7.00. The van der Waals surface area contributed by atoms with E-state index in [2.05, 4.69) is 26.1 Å². The largest absolute Gasteiger partial charge is 0.389 e. The fourth-order valence-corrected chi connectivity index (χ4v) is 2.39. The summed E-state index contributed by atoms with van der Waals surface area (Å²) in [4.78, 5) is 2.25. The molecular formula is C14H22F3NOS. The second kappa shape index (κ2) is 7.43. The molecule has 1 rings (SSSR count). The van der Waals surface area contributed by atoms with Crippen LogP contribution in [0.15, 0.2) is 12.1 Å². The van der Waals surface area contributed by atoms with Gasteiger partial charge in [-0.3, -0.25) is 0 Å². The molecule has 2 nitrogen and oxygen atoms in total. The van der Waals surface area contributed by atoms with Gasteiger partial charge in [0, 0.05) is 34.9 Å². The van der Waals surface area contributed by atoms with E-state index in [0.717, 1.165) is 11.4 Å². The van der Waals surface area contributed by atoms with Crippen molar-refractivity contribution in [3.8, 4) is 0 Å². The molecule has 0 fully saturated rings. The van der Waals surface area contributed by atoms with Crippen molar-refractivity contribution in [2.75, 3.05) is 6.61 Å². The third-order valence-corrected chi connectivity index (χ3v) is 3.56. The van der Waals surface area contributed by atoms with Gasteiger partial charge in [-0.05, 0) is 39.3 Å². The van der Waals surface area contributed by atoms with Crippen molar-refractivity contribution in [1.82, 2.24) is 5.32 Å². The van der Waals surface area contributed by atoms with Crippen LogP contribution < -0.4 is 5.32 Å². The molecule has 0 aliphatic carbocycles. The molecule has 6 heteroatoms. The number of halogens is 3. The van der Waals surface area contributed by atoms with Crippen LogP contribution in [0.1, 0.15) is 43.4 Å². The average molecular weight is 309 g/mol. The van der Waals surface area contributed by atoms with Gasteiger partial charge in [-0.15, -0.1) is 11.3 Å². The molecule has 20 heavy (non-hydrogen) atoms. The first-order valence-electron chi connectivity index (χ1n) is 6.63. The summed E-state index contributed by atoms with van der Waals surface area (Å²) >= 11 is 1.63. The van der Waals surface area contributed by atoms with Gasteiger partial charge in [-0.1, -0.05) is 0 Å². The summed E-state index contributed by atoms with van der Waals surface area (Å²) in [5.74, 6) is 0. The summed E-state index contributed by atoms with van der Waals surface area (Å²) in [5, 5.41) is 3.39. The van der Waals surface area contributed by atoms with Crippen molar-refractivity contribution in [3.63, 3.8) is 0 Å². The highest BCUT2D eigenvalue weighted by atomic mass is 32.1. The van der Waals surface area contributed by atoms with Crippen LogP contribution in [-0.2, 0) is 17.9 Å². The lowest BCUT2D eigenvalue weighted by molar-refractivity contribution is -0.138. The smallest absolute Gasteiger partial charge is 0.376 e. The number of ether oxygens (including phenoxy) is 1. The third kappa shape index (κ3) is 8.55. The van der Waals surface area contributed by atoms with E-state index in [1.54, 1.807) is 11.3 Å². The molecule has 0 saturated heterocycles. The Morgan fingerprint density at radius 3 is 2.40 bits per heavy atom. The average Bonchev–Trinajstić information content (AvgIpc) is 2.71. The molecule has 0 bridgehead atoms. The Morgan fingerprint density at radius 2 is 1.80 bits per heavy atom. The van der Waals surface area contributed by atoms with E-state index in [9.17, 15) is 13.2 Å². The molecule has 1 heterocycles. The van der Waals surface area contributed by atoms with Gasteiger partial charge in [-0.25, -0.2) is 0 Å². The van der Waals surface area contributed by atoms with E-state index >= 15 is 0 Å². The summed E-state index contributed by atoms with van der Waals surface area (Å²) < 4.78 is 41.1. The lowest BCUT2D eigenvalue weighted by Gasteiger charge is -2.19. The first-order chi connectivity index (χ1) is 9.16. The predicted molar refractivity (Wildman–Crippen MR) is 75.9 cm³/mol. The van der Waals surface area contributed by atoms with Crippen molar-refractivity contribution in [1.29, 1.82) is 0 Å². The maximum atomic E-state index is 11.9. The lowest BCUT2D eigenvalue weighted by Crippen LogP contribution is -2.34. The maximum Gasteiger partial charge on any atom is 0.389 e. The Kier molecular flexibility index (Phi) is 6.48. The van der Waals surface area contributed by atoms with Gasteiger partial charge in [0.2, 0.25) is 0 Å². The van der Waals surface area contributed by atoms with Gasteiger partial charge in [0.25, 0.3) is 0 Å². The Hall–Kier alpha value is -0.590. The van der Waals surface area contributed by atoms with Crippen LogP contribution in [0.2, 0.25) is 0 Å². The standard InChI is InChI=1S/C14H22F3NOS/c1-13(2,3)18-9-11-5-6-12(20-11)10-19-8-4-7-14(15,16)17/h5-6,18H,4,7-10H2,1-3H3. The zero-order chi connectivity index (χ0) is 15.2. The minimum atomic E-state index is -4.09. The van der Waals surface area contributed by atoms with Gasteiger partial charge < -0.3 is 10.1 Å². The molecule has 0 spiro atoms. The minimum Gasteiger partial charge on any atom is -0.376 e. The monoisotopic (exact) mass is 309 g/mol. The number of alkyl halides is 3. The van der Waals surface area contributed by atoms with Crippen LogP contribution in [0.3, 0.4) is 0 Å². The van der Waals surface area contributed by atoms with Crippen LogP contribution in [0.5, 0.6) is 0 Å². The van der Waals surface area contributed by atoms with Crippen LogP contribution in [0.25, 0.3) is 0 Å². The van der Waals surface area contributed by atoms with Crippen molar-refractivity contribution >= 4 is 11.3 Å². The topological polar surface area (TPSA) is 21.3 Å². The molecule has 0 radical (unpaired) electrons. The van der Waals surface area contributed by atoms with Gasteiger partial charge >= 0.3 is 6.18 Å². The predicted octanol–water partition coefficient (Wildman–Crippen LogP) is 4.50. The Morgan fingerprint density at radius 1 is 1.15 bits per heavy atom. The fourth-order valence-electron chi connectivity index (χ4n) is 1.49. The third-order valence-electron chi connectivity index (χ3n) is 2.50. The van der Waals surface area contributed by atoms with Crippen LogP contribution in [0.4, 0.5) is 13.2 Å². The molecule has 116 valence electrons. The molecule has 0 aromatic carbocycles. The highest BCUT2D eigenvalue weighted by molar-refractivity contribution is 7.11. The fraction of sp³-hybridized carbons (Fsp3) is 0.714. The Bertz CT molecular complexity index is 396. The zero-order valence-electron chi connectivity index (χ0n) is 12.1. The first-order valence-corrected chi connectivity index (χ1v) is 7.44. The van der Waals surface area contributed by atoms with Crippen LogP contribution in [0, 0.1) is 0 Å². The molecule has 0 aliphatic rings. The van der Waals surface area contributed by atoms with Gasteiger partial charge in [0.1, 0.15) is 0 Å². The van der Waals surface area contributed by atoms with Crippen molar-refractivity contribution in [2.24, 2.45) is 0 Å². The molecule has 0 saturated carbocycles. The van der Waals surface area contributed by atoms with Crippen molar-refractivity contribution in [3.05, 3.63) is 21.9 Å². The van der Waals surface area contributed by atoms with Gasteiger partial charge in [0.15, 0.2) is 0 Å². The molecule has 0 amide bonds. The van der Waals surface area contributed by atoms with Gasteiger partial charge in [0.05, 0.1) is 6.61 Å². The van der Waals surface area contributed by atoms with Crippen LogP contribution >= 0.6 is 11.3 Å².